The molecule has 0 radical (unpaired) electrons. The van der Waals surface area contributed by atoms with E-state index >= 15 is 0 Å². The molecule has 0 amide bonds. The van der Waals surface area contributed by atoms with E-state index in [1.54, 1.807) is 10.9 Å². The Kier molecular flexibility index (Phi) is 5.74. The van der Waals surface area contributed by atoms with E-state index < -0.39 is 10.0 Å². The van der Waals surface area contributed by atoms with E-state index in [1.807, 2.05) is 19.0 Å². The first-order valence-corrected chi connectivity index (χ1v) is 8.86. The highest BCUT2D eigenvalue weighted by Gasteiger charge is 2.20. The average molecular weight is 315 g/mol. The van der Waals surface area contributed by atoms with Crippen LogP contribution >= 0.6 is 0 Å². The summed E-state index contributed by atoms with van der Waals surface area (Å²) in [6, 6.07) is 0.655. The molecule has 0 saturated heterocycles. The molecule has 21 heavy (non-hydrogen) atoms. The molecule has 1 aromatic rings. The predicted octanol–water partition coefficient (Wildman–Crippen LogP) is -0.135. The summed E-state index contributed by atoms with van der Waals surface area (Å²) in [6.45, 7) is 2.80. The van der Waals surface area contributed by atoms with Crippen molar-refractivity contribution in [1.82, 2.24) is 24.7 Å². The molecule has 1 heterocycles. The van der Waals surface area contributed by atoms with Crippen molar-refractivity contribution in [1.29, 1.82) is 0 Å². The van der Waals surface area contributed by atoms with Crippen LogP contribution in [0.5, 0.6) is 0 Å². The lowest BCUT2D eigenvalue weighted by molar-refractivity contribution is 0.400. The fourth-order valence-electron chi connectivity index (χ4n) is 1.96. The number of aromatic nitrogens is 2. The second-order valence-electron chi connectivity index (χ2n) is 5.72. The van der Waals surface area contributed by atoms with E-state index in [0.717, 1.165) is 19.5 Å². The smallest absolute Gasteiger partial charge is 0.243 e. The quantitative estimate of drug-likeness (QED) is 0.588. The molecule has 0 aromatic carbocycles. The topological polar surface area (TPSA) is 79.3 Å². The van der Waals surface area contributed by atoms with Crippen LogP contribution in [0.2, 0.25) is 0 Å². The van der Waals surface area contributed by atoms with Crippen LogP contribution in [0, 0.1) is 0 Å². The minimum atomic E-state index is -3.44. The number of nitrogens with one attached hydrogen (secondary N) is 2. The van der Waals surface area contributed by atoms with Crippen molar-refractivity contribution in [2.45, 2.75) is 36.7 Å². The van der Waals surface area contributed by atoms with E-state index in [1.165, 1.54) is 19.0 Å². The lowest BCUT2D eigenvalue weighted by Gasteiger charge is -2.09. The van der Waals surface area contributed by atoms with Gasteiger partial charge in [0.2, 0.25) is 10.0 Å². The van der Waals surface area contributed by atoms with Crippen molar-refractivity contribution in [3.63, 3.8) is 0 Å². The van der Waals surface area contributed by atoms with E-state index in [2.05, 4.69) is 15.1 Å². The number of rotatable bonds is 10. The van der Waals surface area contributed by atoms with Gasteiger partial charge in [-0.15, -0.1) is 0 Å². The Bertz CT molecular complexity index is 537. The molecule has 0 bridgehead atoms. The minimum absolute atomic E-state index is 0.235. The van der Waals surface area contributed by atoms with Gasteiger partial charge in [-0.3, -0.25) is 4.68 Å². The summed E-state index contributed by atoms with van der Waals surface area (Å²) in [7, 11) is 0.494. The summed E-state index contributed by atoms with van der Waals surface area (Å²) < 4.78 is 28.5. The van der Waals surface area contributed by atoms with Gasteiger partial charge in [-0.2, -0.15) is 5.10 Å². The van der Waals surface area contributed by atoms with Crippen LogP contribution < -0.4 is 10.0 Å². The largest absolute Gasteiger partial charge is 0.312 e. The van der Waals surface area contributed by atoms with Gasteiger partial charge in [-0.1, -0.05) is 0 Å². The Labute approximate surface area is 126 Å². The van der Waals surface area contributed by atoms with Crippen molar-refractivity contribution >= 4 is 10.0 Å². The normalized spacial score (nSPS) is 15.8. The van der Waals surface area contributed by atoms with Gasteiger partial charge in [-0.05, 0) is 39.9 Å². The van der Waals surface area contributed by atoms with Crippen molar-refractivity contribution in [2.24, 2.45) is 0 Å². The summed E-state index contributed by atoms with van der Waals surface area (Å²) >= 11 is 0. The third-order valence-electron chi connectivity index (χ3n) is 3.35. The molecule has 0 aliphatic heterocycles. The average Bonchev–Trinajstić information content (AvgIpc) is 3.10. The molecule has 1 aliphatic carbocycles. The van der Waals surface area contributed by atoms with E-state index in [-0.39, 0.29) is 4.90 Å². The SMILES string of the molecule is CN(C)CCCNS(=O)(=O)c1cnn(CCNC2CC2)c1. The number of nitrogens with zero attached hydrogens (tertiary/aromatic N) is 3. The molecule has 8 heteroatoms. The summed E-state index contributed by atoms with van der Waals surface area (Å²) in [4.78, 5) is 2.26. The highest BCUT2D eigenvalue weighted by Crippen LogP contribution is 2.18. The Morgan fingerprint density at radius 2 is 2.14 bits per heavy atom. The zero-order valence-electron chi connectivity index (χ0n) is 12.7. The van der Waals surface area contributed by atoms with Gasteiger partial charge < -0.3 is 10.2 Å². The first kappa shape index (κ1) is 16.4. The van der Waals surface area contributed by atoms with E-state index in [4.69, 9.17) is 0 Å². The molecule has 1 saturated carbocycles. The molecule has 7 nitrogen and oxygen atoms in total. The lowest BCUT2D eigenvalue weighted by Crippen LogP contribution is -2.27. The fourth-order valence-corrected chi connectivity index (χ4v) is 2.99. The highest BCUT2D eigenvalue weighted by molar-refractivity contribution is 7.89. The van der Waals surface area contributed by atoms with Crippen molar-refractivity contribution in [3.8, 4) is 0 Å². The maximum Gasteiger partial charge on any atom is 0.243 e. The van der Waals surface area contributed by atoms with Crippen LogP contribution in [0.15, 0.2) is 17.3 Å². The minimum Gasteiger partial charge on any atom is -0.312 e. The van der Waals surface area contributed by atoms with Gasteiger partial charge in [0.25, 0.3) is 0 Å². The monoisotopic (exact) mass is 315 g/mol. The molecule has 1 aliphatic rings. The summed E-state index contributed by atoms with van der Waals surface area (Å²) in [5.74, 6) is 0. The van der Waals surface area contributed by atoms with Crippen LogP contribution in [0.4, 0.5) is 0 Å². The standard InChI is InChI=1S/C13H25N5O2S/c1-17(2)8-3-6-16-21(19,20)13-10-15-18(11-13)9-7-14-12-4-5-12/h10-12,14,16H,3-9H2,1-2H3. The van der Waals surface area contributed by atoms with Gasteiger partial charge in [0.05, 0.1) is 12.7 Å². The zero-order chi connectivity index (χ0) is 15.3. The molecular formula is C13H25N5O2S. The number of hydrogen-bond donors (Lipinski definition) is 2. The molecule has 1 aromatic heterocycles. The Balaban J connectivity index is 1.77. The molecule has 1 fully saturated rings. The maximum atomic E-state index is 12.1. The number of sulfonamides is 1. The third kappa shape index (κ3) is 5.74. The molecule has 0 atom stereocenters. The lowest BCUT2D eigenvalue weighted by atomic mass is 10.4. The van der Waals surface area contributed by atoms with E-state index in [0.29, 0.717) is 19.1 Å². The second kappa shape index (κ2) is 7.35. The van der Waals surface area contributed by atoms with Gasteiger partial charge in [-0.25, -0.2) is 13.1 Å². The second-order valence-corrected chi connectivity index (χ2v) is 7.49. The summed E-state index contributed by atoms with van der Waals surface area (Å²) in [5.41, 5.74) is 0. The molecule has 2 N–H and O–H groups in total. The molecule has 120 valence electrons. The highest BCUT2D eigenvalue weighted by atomic mass is 32.2. The summed E-state index contributed by atoms with van der Waals surface area (Å²) in [6.07, 6.45) is 6.27. The first-order chi connectivity index (χ1) is 9.97. The van der Waals surface area contributed by atoms with Gasteiger partial charge in [0.15, 0.2) is 0 Å². The third-order valence-corrected chi connectivity index (χ3v) is 4.76. The fraction of sp³-hybridized carbons (Fsp3) is 0.769. The van der Waals surface area contributed by atoms with Gasteiger partial charge >= 0.3 is 0 Å². The van der Waals surface area contributed by atoms with Gasteiger partial charge in [0, 0.05) is 25.3 Å². The van der Waals surface area contributed by atoms with Crippen LogP contribution in [0.1, 0.15) is 19.3 Å². The van der Waals surface area contributed by atoms with Crippen LogP contribution in [0.25, 0.3) is 0 Å². The van der Waals surface area contributed by atoms with Crippen molar-refractivity contribution < 1.29 is 8.42 Å². The first-order valence-electron chi connectivity index (χ1n) is 7.37. The van der Waals surface area contributed by atoms with Gasteiger partial charge in [0.1, 0.15) is 4.90 Å². The van der Waals surface area contributed by atoms with Crippen LogP contribution in [-0.4, -0.2) is 62.9 Å². The number of hydrogen-bond acceptors (Lipinski definition) is 5. The Hall–Kier alpha value is -0.960. The predicted molar refractivity (Wildman–Crippen MR) is 81.6 cm³/mol. The van der Waals surface area contributed by atoms with Crippen LogP contribution in [0.3, 0.4) is 0 Å². The Morgan fingerprint density at radius 3 is 2.81 bits per heavy atom. The van der Waals surface area contributed by atoms with Crippen molar-refractivity contribution in [2.75, 3.05) is 33.7 Å². The van der Waals surface area contributed by atoms with E-state index in [9.17, 15) is 8.42 Å². The van der Waals surface area contributed by atoms with Crippen molar-refractivity contribution in [3.05, 3.63) is 12.4 Å². The maximum absolute atomic E-state index is 12.1. The molecular weight excluding hydrogens is 290 g/mol. The molecule has 0 unspecified atom stereocenters. The molecule has 2 rings (SSSR count). The molecule has 0 spiro atoms. The van der Waals surface area contributed by atoms with Crippen LogP contribution in [-0.2, 0) is 16.6 Å². The summed E-state index contributed by atoms with van der Waals surface area (Å²) in [5, 5.41) is 7.48. The zero-order valence-corrected chi connectivity index (χ0v) is 13.6. The Morgan fingerprint density at radius 1 is 1.38 bits per heavy atom.